The molecule has 0 amide bonds. The molecule has 4 aromatic carbocycles. The van der Waals surface area contributed by atoms with Crippen LogP contribution < -0.4 is 21.7 Å². The molecule has 2 aliphatic rings. The van der Waals surface area contributed by atoms with Gasteiger partial charge in [0.25, 0.3) is 0 Å². The van der Waals surface area contributed by atoms with Gasteiger partial charge < -0.3 is 20.4 Å². The topological polar surface area (TPSA) is 149 Å². The first-order chi connectivity index (χ1) is 20.6. The molecule has 8 heteroatoms. The molecule has 0 spiro atoms. The van der Waals surface area contributed by atoms with Crippen LogP contribution in [-0.2, 0) is 12.8 Å². The van der Waals surface area contributed by atoms with Crippen molar-refractivity contribution in [3.05, 3.63) is 148 Å². The van der Waals surface area contributed by atoms with Crippen molar-refractivity contribution in [2.75, 3.05) is 0 Å². The van der Waals surface area contributed by atoms with Crippen LogP contribution in [0.25, 0.3) is 33.0 Å². The van der Waals surface area contributed by atoms with E-state index in [9.17, 15) is 39.6 Å². The first-order valence-corrected chi connectivity index (χ1v) is 13.4. The number of phenolic OH excluding ortho intramolecular Hbond substituents is 4. The minimum Gasteiger partial charge on any atom is -0.507 e. The molecule has 0 radical (unpaired) electrons. The van der Waals surface area contributed by atoms with Gasteiger partial charge in [-0.25, -0.2) is 0 Å². The minimum atomic E-state index is -0.944. The highest BCUT2D eigenvalue weighted by atomic mass is 16.3. The molecule has 43 heavy (non-hydrogen) atoms. The predicted molar refractivity (Wildman–Crippen MR) is 163 cm³/mol. The number of hydrogen-bond donors (Lipinski definition) is 4. The lowest BCUT2D eigenvalue weighted by atomic mass is 9.86. The molecule has 0 aliphatic heterocycles. The second-order valence-corrected chi connectivity index (χ2v) is 10.5. The van der Waals surface area contributed by atoms with Crippen molar-refractivity contribution in [2.24, 2.45) is 0 Å². The van der Waals surface area contributed by atoms with Crippen LogP contribution in [-0.4, -0.2) is 20.4 Å². The van der Waals surface area contributed by atoms with Gasteiger partial charge in [-0.15, -0.1) is 0 Å². The van der Waals surface area contributed by atoms with Crippen LogP contribution in [0.3, 0.4) is 0 Å². The lowest BCUT2D eigenvalue weighted by Gasteiger charge is -2.19. The quantitative estimate of drug-likeness (QED) is 0.136. The van der Waals surface area contributed by atoms with Crippen molar-refractivity contribution in [2.45, 2.75) is 19.8 Å². The van der Waals surface area contributed by atoms with Gasteiger partial charge >= 0.3 is 0 Å². The van der Waals surface area contributed by atoms with Gasteiger partial charge in [0.2, 0.25) is 10.9 Å². The van der Waals surface area contributed by atoms with Gasteiger partial charge in [-0.1, -0.05) is 60.7 Å². The van der Waals surface area contributed by atoms with Crippen LogP contribution in [0.1, 0.15) is 27.8 Å². The number of rotatable bonds is 5. The maximum Gasteiger partial charge on any atom is 0.229 e. The highest BCUT2D eigenvalue weighted by Gasteiger charge is 2.28. The lowest BCUT2D eigenvalue weighted by Crippen LogP contribution is -2.33. The van der Waals surface area contributed by atoms with Crippen molar-refractivity contribution in [3.63, 3.8) is 0 Å². The fourth-order valence-corrected chi connectivity index (χ4v) is 5.81. The molecule has 0 heterocycles. The van der Waals surface area contributed by atoms with Gasteiger partial charge in [0.05, 0.1) is 0 Å². The largest absolute Gasteiger partial charge is 0.507 e. The molecular weight excluding hydrogens is 548 g/mol. The maximum absolute atomic E-state index is 13.9. The third-order valence-corrected chi connectivity index (χ3v) is 7.91. The Morgan fingerprint density at radius 2 is 1.09 bits per heavy atom. The summed E-state index contributed by atoms with van der Waals surface area (Å²) in [5, 5.41) is 44.2. The molecule has 0 unspecified atom stereocenters. The Morgan fingerprint density at radius 1 is 0.558 bits per heavy atom. The van der Waals surface area contributed by atoms with E-state index in [0.717, 1.165) is 23.8 Å². The van der Waals surface area contributed by atoms with E-state index in [1.807, 2.05) is 6.07 Å². The lowest BCUT2D eigenvalue weighted by molar-refractivity contribution is 0.400. The van der Waals surface area contributed by atoms with Crippen molar-refractivity contribution < 1.29 is 20.4 Å². The average molecular weight is 573 g/mol. The number of aromatic hydroxyl groups is 4. The van der Waals surface area contributed by atoms with E-state index in [2.05, 4.69) is 0 Å². The zero-order chi connectivity index (χ0) is 30.6. The van der Waals surface area contributed by atoms with Crippen LogP contribution in [0.5, 0.6) is 23.0 Å². The highest BCUT2D eigenvalue weighted by molar-refractivity contribution is 6.05. The molecule has 0 bridgehead atoms. The molecule has 4 aromatic rings. The molecule has 6 rings (SSSR count). The average Bonchev–Trinajstić information content (AvgIpc) is 3.00. The molecule has 0 atom stereocenters. The smallest absolute Gasteiger partial charge is 0.229 e. The predicted octanol–water partition coefficient (Wildman–Crippen LogP) is 4.24. The first kappa shape index (κ1) is 27.4. The molecule has 0 saturated carbocycles. The number of phenols is 4. The van der Waals surface area contributed by atoms with E-state index in [4.69, 9.17) is 0 Å². The van der Waals surface area contributed by atoms with Gasteiger partial charge in [-0.2, -0.15) is 0 Å². The van der Waals surface area contributed by atoms with Gasteiger partial charge in [-0.3, -0.25) is 19.2 Å². The van der Waals surface area contributed by atoms with Gasteiger partial charge in [0.15, 0.2) is 22.4 Å². The SMILES string of the molecule is Cc1c(-c2cc(=O)c3c(Cc4ccccc4)c(=O)c(=O)cc-3c2=O)c(O)c2cc(O)c(O)c(Cc3ccccc3)c2c1O. The summed E-state index contributed by atoms with van der Waals surface area (Å²) in [6.45, 7) is 1.44. The van der Waals surface area contributed by atoms with E-state index >= 15 is 0 Å². The molecule has 0 saturated heterocycles. The third-order valence-electron chi connectivity index (χ3n) is 7.91. The van der Waals surface area contributed by atoms with E-state index in [0.29, 0.717) is 5.56 Å². The Hall–Kier alpha value is -5.76. The summed E-state index contributed by atoms with van der Waals surface area (Å²) in [5.74, 6) is -1.92. The van der Waals surface area contributed by atoms with Crippen LogP contribution in [0, 0.1) is 6.92 Å². The summed E-state index contributed by atoms with van der Waals surface area (Å²) in [6.07, 6.45) is 0.0686. The zero-order valence-electron chi connectivity index (χ0n) is 22.8. The first-order valence-electron chi connectivity index (χ1n) is 13.4. The normalized spacial score (nSPS) is 11.4. The van der Waals surface area contributed by atoms with Gasteiger partial charge in [0.1, 0.15) is 11.5 Å². The summed E-state index contributed by atoms with van der Waals surface area (Å²) in [5.41, 5.74) is -2.67. The third kappa shape index (κ3) is 4.40. The molecule has 0 aromatic heterocycles. The molecule has 8 nitrogen and oxygen atoms in total. The summed E-state index contributed by atoms with van der Waals surface area (Å²) < 4.78 is 0. The summed E-state index contributed by atoms with van der Waals surface area (Å²) >= 11 is 0. The summed E-state index contributed by atoms with van der Waals surface area (Å²) in [6, 6.07) is 20.6. The van der Waals surface area contributed by atoms with Crippen molar-refractivity contribution in [1.82, 2.24) is 0 Å². The van der Waals surface area contributed by atoms with E-state index in [-0.39, 0.29) is 68.3 Å². The second kappa shape index (κ2) is 10.3. The number of hydrogen-bond acceptors (Lipinski definition) is 8. The number of benzene rings is 6. The summed E-state index contributed by atoms with van der Waals surface area (Å²) in [7, 11) is 0. The Kier molecular flexibility index (Phi) is 6.54. The molecule has 212 valence electrons. The fourth-order valence-electron chi connectivity index (χ4n) is 5.81. The van der Waals surface area contributed by atoms with Crippen LogP contribution >= 0.6 is 0 Å². The molecular formula is C35H24O8. The van der Waals surface area contributed by atoms with Crippen LogP contribution in [0.2, 0.25) is 0 Å². The van der Waals surface area contributed by atoms with Crippen molar-refractivity contribution in [1.29, 1.82) is 0 Å². The highest BCUT2D eigenvalue weighted by Crippen LogP contribution is 2.49. The molecule has 4 N–H and O–H groups in total. The van der Waals surface area contributed by atoms with Crippen LogP contribution in [0.15, 0.2) is 98.0 Å². The monoisotopic (exact) mass is 572 g/mol. The Morgan fingerprint density at radius 3 is 1.70 bits per heavy atom. The summed E-state index contributed by atoms with van der Waals surface area (Å²) in [4.78, 5) is 52.9. The van der Waals surface area contributed by atoms with Gasteiger partial charge in [-0.05, 0) is 30.2 Å². The van der Waals surface area contributed by atoms with Crippen molar-refractivity contribution >= 4 is 10.8 Å². The van der Waals surface area contributed by atoms with E-state index in [1.54, 1.807) is 54.6 Å². The maximum atomic E-state index is 13.9. The molecule has 0 fully saturated rings. The standard InChI is InChI=1S/C35H24O8/c1-17-28(35(43)24-16-27(38)34(42)21(30(24)31(17)39)13-19-10-6-3-7-11-19)22-14-25(36)29-20(12-18-8-4-2-5-9-18)33(41)26(37)15-23(29)32(22)40/h2-11,14-16,38-39,42-43H,12-13H2,1H3. The van der Waals surface area contributed by atoms with E-state index in [1.165, 1.54) is 6.92 Å². The minimum absolute atomic E-state index is 0.0335. The number of fused-ring (bicyclic) bond motifs is 2. The van der Waals surface area contributed by atoms with Crippen LogP contribution in [0.4, 0.5) is 0 Å². The Labute approximate surface area is 243 Å². The molecule has 2 aliphatic carbocycles. The Balaban J connectivity index is 1.63. The van der Waals surface area contributed by atoms with Gasteiger partial charge in [0, 0.05) is 68.6 Å². The zero-order valence-corrected chi connectivity index (χ0v) is 22.8. The fraction of sp³-hybridized carbons (Fsp3) is 0.0857. The second-order valence-electron chi connectivity index (χ2n) is 10.5. The van der Waals surface area contributed by atoms with Crippen molar-refractivity contribution in [3.8, 4) is 45.3 Å². The Bertz CT molecular complexity index is 2250. The van der Waals surface area contributed by atoms with E-state index < -0.39 is 39.0 Å².